The Kier molecular flexibility index (Phi) is 5.02. The van der Waals surface area contributed by atoms with E-state index in [2.05, 4.69) is 76.2 Å². The van der Waals surface area contributed by atoms with Gasteiger partial charge in [0.2, 0.25) is 0 Å². The van der Waals surface area contributed by atoms with Crippen molar-refractivity contribution in [3.05, 3.63) is 11.3 Å². The first-order valence-corrected chi connectivity index (χ1v) is 6.95. The highest BCUT2D eigenvalue weighted by Gasteiger charge is 2.26. The molecule has 1 heteroatoms. The number of rotatable bonds is 1. The highest BCUT2D eigenvalue weighted by molar-refractivity contribution is 5.87. The molecule has 0 unspecified atom stereocenters. The number of aliphatic imine (C=N–C) groups is 1. The van der Waals surface area contributed by atoms with Crippen LogP contribution in [0.25, 0.3) is 0 Å². The molecule has 0 N–H and O–H groups in total. The molecule has 106 valence electrons. The Balaban J connectivity index is 5.88. The second-order valence-corrected chi connectivity index (χ2v) is 8.42. The number of hydrogen-bond acceptors (Lipinski definition) is 1. The number of hydrogen-bond donors (Lipinski definition) is 0. The van der Waals surface area contributed by atoms with Crippen molar-refractivity contribution in [1.29, 1.82) is 0 Å². The Labute approximate surface area is 115 Å². The molecule has 0 aromatic rings. The quantitative estimate of drug-likeness (QED) is 0.518. The number of allylic oxidation sites excluding steroid dienone is 2. The molecule has 0 radical (unpaired) electrons. The average Bonchev–Trinajstić information content (AvgIpc) is 2.07. The summed E-state index contributed by atoms with van der Waals surface area (Å²) in [5.74, 6) is 0. The van der Waals surface area contributed by atoms with Crippen LogP contribution in [0.3, 0.4) is 0 Å². The van der Waals surface area contributed by atoms with E-state index in [-0.39, 0.29) is 16.2 Å². The van der Waals surface area contributed by atoms with Gasteiger partial charge in [0, 0.05) is 16.8 Å². The van der Waals surface area contributed by atoms with Crippen molar-refractivity contribution in [3.8, 4) is 0 Å². The molecule has 0 bridgehead atoms. The lowest BCUT2D eigenvalue weighted by atomic mass is 9.79. The molecule has 0 amide bonds. The lowest BCUT2D eigenvalue weighted by Gasteiger charge is -2.30. The van der Waals surface area contributed by atoms with Crippen LogP contribution in [0.15, 0.2) is 16.3 Å². The summed E-state index contributed by atoms with van der Waals surface area (Å²) in [6.45, 7) is 24.5. The molecule has 0 aliphatic heterocycles. The van der Waals surface area contributed by atoms with Gasteiger partial charge in [-0.15, -0.1) is 0 Å². The van der Waals surface area contributed by atoms with Crippen LogP contribution in [0.5, 0.6) is 0 Å². The molecular weight excluding hydrogens is 218 g/mol. The van der Waals surface area contributed by atoms with E-state index in [9.17, 15) is 0 Å². The largest absolute Gasteiger partial charge is 0.261 e. The van der Waals surface area contributed by atoms with Gasteiger partial charge >= 0.3 is 0 Å². The van der Waals surface area contributed by atoms with E-state index in [1.807, 2.05) is 0 Å². The van der Waals surface area contributed by atoms with Crippen molar-refractivity contribution < 1.29 is 0 Å². The minimum absolute atomic E-state index is 0.0872. The van der Waals surface area contributed by atoms with Gasteiger partial charge in [0.1, 0.15) is 0 Å². The molecule has 0 aromatic carbocycles. The van der Waals surface area contributed by atoms with E-state index in [1.165, 1.54) is 17.0 Å². The van der Waals surface area contributed by atoms with Crippen LogP contribution < -0.4 is 0 Å². The zero-order valence-corrected chi connectivity index (χ0v) is 14.4. The summed E-state index contributed by atoms with van der Waals surface area (Å²) in [4.78, 5) is 4.98. The fourth-order valence-corrected chi connectivity index (χ4v) is 1.50. The topological polar surface area (TPSA) is 12.4 Å². The first kappa shape index (κ1) is 17.4. The number of nitrogens with zero attached hydrogens (tertiary/aromatic N) is 1. The molecule has 0 spiro atoms. The fraction of sp³-hybridized carbons (Fsp3) is 0.824. The summed E-state index contributed by atoms with van der Waals surface area (Å²) in [6.07, 6.45) is 0. The third-order valence-corrected chi connectivity index (χ3v) is 3.56. The van der Waals surface area contributed by atoms with Crippen LogP contribution in [0, 0.1) is 16.2 Å². The molecule has 0 rings (SSSR count). The Morgan fingerprint density at radius 3 is 1.22 bits per heavy atom. The zero-order chi connectivity index (χ0) is 14.9. The summed E-state index contributed by atoms with van der Waals surface area (Å²) >= 11 is 0. The van der Waals surface area contributed by atoms with Crippen molar-refractivity contribution in [2.24, 2.45) is 21.2 Å². The molecule has 0 aromatic heterocycles. The smallest absolute Gasteiger partial charge is 0.0451 e. The van der Waals surface area contributed by atoms with Crippen LogP contribution in [-0.4, -0.2) is 5.71 Å². The van der Waals surface area contributed by atoms with Gasteiger partial charge in [0.05, 0.1) is 0 Å². The Hall–Kier alpha value is -0.590. The summed E-state index contributed by atoms with van der Waals surface area (Å²) < 4.78 is 0. The minimum atomic E-state index is 0.0872. The summed E-state index contributed by atoms with van der Waals surface area (Å²) in [7, 11) is 0. The summed E-state index contributed by atoms with van der Waals surface area (Å²) in [6, 6.07) is 0. The normalized spacial score (nSPS) is 16.7. The van der Waals surface area contributed by atoms with E-state index >= 15 is 0 Å². The summed E-state index contributed by atoms with van der Waals surface area (Å²) in [5.41, 5.74) is 4.22. The summed E-state index contributed by atoms with van der Waals surface area (Å²) in [5, 5.41) is 0. The van der Waals surface area contributed by atoms with E-state index in [4.69, 9.17) is 4.99 Å². The monoisotopic (exact) mass is 251 g/mol. The molecule has 0 atom stereocenters. The zero-order valence-electron chi connectivity index (χ0n) is 14.4. The van der Waals surface area contributed by atoms with E-state index < -0.39 is 0 Å². The van der Waals surface area contributed by atoms with Gasteiger partial charge in [-0.05, 0) is 30.3 Å². The Bertz CT molecular complexity index is 349. The van der Waals surface area contributed by atoms with Crippen molar-refractivity contribution in [2.75, 3.05) is 0 Å². The highest BCUT2D eigenvalue weighted by Crippen LogP contribution is 2.37. The molecule has 0 aliphatic rings. The molecular formula is C17H33N. The second-order valence-electron chi connectivity index (χ2n) is 8.42. The molecule has 0 aliphatic carbocycles. The van der Waals surface area contributed by atoms with Gasteiger partial charge in [-0.2, -0.15) is 0 Å². The van der Waals surface area contributed by atoms with Gasteiger partial charge in [-0.25, -0.2) is 0 Å². The molecule has 0 saturated carbocycles. The van der Waals surface area contributed by atoms with Crippen LogP contribution in [0.4, 0.5) is 0 Å². The van der Waals surface area contributed by atoms with E-state index in [0.717, 1.165) is 0 Å². The average molecular weight is 251 g/mol. The highest BCUT2D eigenvalue weighted by atomic mass is 14.8. The molecule has 1 nitrogen and oxygen atoms in total. The Morgan fingerprint density at radius 2 is 1.00 bits per heavy atom. The Morgan fingerprint density at radius 1 is 0.611 bits per heavy atom. The lowest BCUT2D eigenvalue weighted by Crippen LogP contribution is -2.22. The standard InChI is InChI=1S/C17H33N/c1-12(15(3,4)5)14(17(9,10)11)18-13(2)16(6,7)8/h1-11H3/b14-12+,18-13+. The maximum absolute atomic E-state index is 4.98. The maximum atomic E-state index is 4.98. The predicted molar refractivity (Wildman–Crippen MR) is 84.2 cm³/mol. The molecule has 18 heavy (non-hydrogen) atoms. The van der Waals surface area contributed by atoms with Crippen molar-refractivity contribution in [1.82, 2.24) is 0 Å². The van der Waals surface area contributed by atoms with E-state index in [0.29, 0.717) is 0 Å². The molecule has 0 saturated heterocycles. The van der Waals surface area contributed by atoms with Crippen LogP contribution in [-0.2, 0) is 0 Å². The lowest BCUT2D eigenvalue weighted by molar-refractivity contribution is 0.439. The maximum Gasteiger partial charge on any atom is 0.0451 e. The first-order chi connectivity index (χ1) is 7.67. The van der Waals surface area contributed by atoms with Gasteiger partial charge in [-0.1, -0.05) is 62.3 Å². The van der Waals surface area contributed by atoms with Gasteiger partial charge in [0.25, 0.3) is 0 Å². The molecule has 0 heterocycles. The van der Waals surface area contributed by atoms with Gasteiger partial charge in [0.15, 0.2) is 0 Å². The third-order valence-electron chi connectivity index (χ3n) is 3.56. The van der Waals surface area contributed by atoms with Gasteiger partial charge < -0.3 is 0 Å². The third kappa shape index (κ3) is 4.96. The SMILES string of the molecule is C/C(=N\C(=C(/C)C(C)(C)C)C(C)(C)C)C(C)(C)C. The second kappa shape index (κ2) is 5.19. The minimum Gasteiger partial charge on any atom is -0.261 e. The van der Waals surface area contributed by atoms with Crippen LogP contribution in [0.2, 0.25) is 0 Å². The van der Waals surface area contributed by atoms with Crippen LogP contribution >= 0.6 is 0 Å². The van der Waals surface area contributed by atoms with Crippen molar-refractivity contribution >= 4 is 5.71 Å². The first-order valence-electron chi connectivity index (χ1n) is 6.95. The van der Waals surface area contributed by atoms with Crippen LogP contribution in [0.1, 0.15) is 76.2 Å². The fourth-order valence-electron chi connectivity index (χ4n) is 1.50. The predicted octanol–water partition coefficient (Wildman–Crippen LogP) is 5.86. The van der Waals surface area contributed by atoms with Crippen molar-refractivity contribution in [2.45, 2.75) is 76.2 Å². The molecule has 0 fully saturated rings. The van der Waals surface area contributed by atoms with Gasteiger partial charge in [-0.3, -0.25) is 4.99 Å². The van der Waals surface area contributed by atoms with E-state index in [1.54, 1.807) is 0 Å². The van der Waals surface area contributed by atoms with Crippen molar-refractivity contribution in [3.63, 3.8) is 0 Å².